The molecular formula is C16H17ClFN3O. The molecule has 0 aliphatic carbocycles. The molecule has 4 nitrogen and oxygen atoms in total. The zero-order chi connectivity index (χ0) is 15.0. The molecule has 3 aromatic rings. The first kappa shape index (κ1) is 16.2. The number of aromatic nitrogens is 3. The van der Waals surface area contributed by atoms with Crippen molar-refractivity contribution in [1.29, 1.82) is 0 Å². The minimum atomic E-state index is -0.326. The Balaban J connectivity index is 0.00000176. The van der Waals surface area contributed by atoms with Gasteiger partial charge in [0.2, 0.25) is 0 Å². The summed E-state index contributed by atoms with van der Waals surface area (Å²) in [4.78, 5) is 16.6. The lowest BCUT2D eigenvalue weighted by molar-refractivity contribution is 0.0978. The monoisotopic (exact) mass is 321 g/mol. The third kappa shape index (κ3) is 2.90. The Kier molecular flexibility index (Phi) is 4.66. The van der Waals surface area contributed by atoms with Crippen LogP contribution < -0.4 is 0 Å². The molecule has 0 radical (unpaired) electrons. The van der Waals surface area contributed by atoms with Gasteiger partial charge >= 0.3 is 0 Å². The molecular weight excluding hydrogens is 305 g/mol. The molecule has 0 aliphatic rings. The minimum Gasteiger partial charge on any atom is -0.350 e. The molecule has 0 unspecified atom stereocenters. The first-order valence-corrected chi connectivity index (χ1v) is 6.82. The average molecular weight is 322 g/mol. The molecule has 2 heterocycles. The van der Waals surface area contributed by atoms with Gasteiger partial charge in [-0.05, 0) is 25.1 Å². The van der Waals surface area contributed by atoms with Crippen molar-refractivity contribution in [2.24, 2.45) is 7.05 Å². The summed E-state index contributed by atoms with van der Waals surface area (Å²) in [6.45, 7) is 2.48. The number of carbonyl (C=O) groups is 1. The van der Waals surface area contributed by atoms with Crippen LogP contribution in [0, 0.1) is 12.7 Å². The number of ketones is 1. The molecule has 0 saturated carbocycles. The van der Waals surface area contributed by atoms with Crippen molar-refractivity contribution in [2.45, 2.75) is 19.9 Å². The van der Waals surface area contributed by atoms with Crippen molar-refractivity contribution in [3.05, 3.63) is 54.0 Å². The molecule has 22 heavy (non-hydrogen) atoms. The first-order valence-electron chi connectivity index (χ1n) is 6.82. The van der Waals surface area contributed by atoms with Gasteiger partial charge < -0.3 is 9.13 Å². The summed E-state index contributed by atoms with van der Waals surface area (Å²) in [5.41, 5.74) is 1.43. The van der Waals surface area contributed by atoms with Gasteiger partial charge in [0.25, 0.3) is 0 Å². The summed E-state index contributed by atoms with van der Waals surface area (Å²) < 4.78 is 17.2. The number of nitrogens with zero attached hydrogens (tertiary/aromatic N) is 3. The lowest BCUT2D eigenvalue weighted by Crippen LogP contribution is -2.06. The van der Waals surface area contributed by atoms with Gasteiger partial charge in [-0.1, -0.05) is 0 Å². The first-order chi connectivity index (χ1) is 10.1. The summed E-state index contributed by atoms with van der Waals surface area (Å²) >= 11 is 0. The topological polar surface area (TPSA) is 39.8 Å². The van der Waals surface area contributed by atoms with Crippen LogP contribution in [-0.4, -0.2) is 19.9 Å². The number of carbonyl (C=O) groups excluding carboxylic acids is 1. The van der Waals surface area contributed by atoms with Crippen molar-refractivity contribution in [3.63, 3.8) is 0 Å². The summed E-state index contributed by atoms with van der Waals surface area (Å²) in [6, 6.07) is 4.53. The van der Waals surface area contributed by atoms with Gasteiger partial charge in [0.05, 0.1) is 0 Å². The fourth-order valence-corrected chi connectivity index (χ4v) is 2.58. The Morgan fingerprint density at radius 3 is 2.82 bits per heavy atom. The summed E-state index contributed by atoms with van der Waals surface area (Å²) in [5, 5.41) is 0.671. The van der Waals surface area contributed by atoms with E-state index in [9.17, 15) is 9.18 Å². The maximum Gasteiger partial charge on any atom is 0.166 e. The fourth-order valence-electron chi connectivity index (χ4n) is 2.58. The van der Waals surface area contributed by atoms with Crippen LogP contribution in [0.3, 0.4) is 0 Å². The van der Waals surface area contributed by atoms with E-state index in [4.69, 9.17) is 0 Å². The van der Waals surface area contributed by atoms with Gasteiger partial charge in [-0.2, -0.15) is 0 Å². The highest BCUT2D eigenvalue weighted by Gasteiger charge is 2.14. The molecule has 0 spiro atoms. The Bertz CT molecular complexity index is 822. The Morgan fingerprint density at radius 1 is 1.36 bits per heavy atom. The molecule has 1 aromatic carbocycles. The Morgan fingerprint density at radius 2 is 2.14 bits per heavy atom. The maximum absolute atomic E-state index is 13.4. The van der Waals surface area contributed by atoms with E-state index in [1.165, 1.54) is 12.1 Å². The van der Waals surface area contributed by atoms with E-state index in [0.29, 0.717) is 23.9 Å². The molecule has 0 atom stereocenters. The second kappa shape index (κ2) is 6.32. The van der Waals surface area contributed by atoms with Crippen LogP contribution in [0.1, 0.15) is 22.6 Å². The molecule has 0 fully saturated rings. The van der Waals surface area contributed by atoms with Gasteiger partial charge in [0.15, 0.2) is 5.78 Å². The van der Waals surface area contributed by atoms with E-state index in [0.717, 1.165) is 11.3 Å². The van der Waals surface area contributed by atoms with Crippen molar-refractivity contribution in [1.82, 2.24) is 14.1 Å². The molecule has 6 heteroatoms. The number of Topliss-reactive ketones (excluding diaryl/α,β-unsaturated/α-hetero) is 1. The van der Waals surface area contributed by atoms with E-state index < -0.39 is 0 Å². The third-order valence-corrected chi connectivity index (χ3v) is 3.76. The van der Waals surface area contributed by atoms with Crippen LogP contribution in [0.4, 0.5) is 4.39 Å². The van der Waals surface area contributed by atoms with E-state index >= 15 is 0 Å². The molecule has 0 aliphatic heterocycles. The zero-order valence-corrected chi connectivity index (χ0v) is 13.2. The van der Waals surface area contributed by atoms with E-state index in [2.05, 4.69) is 4.98 Å². The Hall–Kier alpha value is -2.14. The number of aryl methyl sites for hydroxylation is 3. The summed E-state index contributed by atoms with van der Waals surface area (Å²) in [6.07, 6.45) is 5.71. The van der Waals surface area contributed by atoms with Gasteiger partial charge in [-0.3, -0.25) is 4.79 Å². The van der Waals surface area contributed by atoms with Crippen LogP contribution in [0.2, 0.25) is 0 Å². The average Bonchev–Trinajstić information content (AvgIpc) is 3.00. The smallest absolute Gasteiger partial charge is 0.166 e. The molecule has 116 valence electrons. The van der Waals surface area contributed by atoms with Crippen LogP contribution in [0.15, 0.2) is 36.8 Å². The van der Waals surface area contributed by atoms with E-state index in [-0.39, 0.29) is 24.0 Å². The van der Waals surface area contributed by atoms with Crippen molar-refractivity contribution < 1.29 is 9.18 Å². The highest BCUT2D eigenvalue weighted by atomic mass is 35.5. The van der Waals surface area contributed by atoms with Crippen molar-refractivity contribution in [3.8, 4) is 0 Å². The molecule has 0 amide bonds. The molecule has 0 saturated heterocycles. The second-order valence-corrected chi connectivity index (χ2v) is 5.16. The molecule has 3 rings (SSSR count). The van der Waals surface area contributed by atoms with E-state index in [1.807, 2.05) is 29.3 Å². The van der Waals surface area contributed by atoms with Gasteiger partial charge in [0.1, 0.15) is 11.6 Å². The van der Waals surface area contributed by atoms with Crippen LogP contribution in [-0.2, 0) is 13.6 Å². The van der Waals surface area contributed by atoms with Gasteiger partial charge in [-0.25, -0.2) is 9.37 Å². The zero-order valence-electron chi connectivity index (χ0n) is 12.4. The van der Waals surface area contributed by atoms with Crippen molar-refractivity contribution >= 4 is 29.1 Å². The maximum atomic E-state index is 13.4. The predicted octanol–water partition coefficient (Wildman–Crippen LogP) is 3.52. The lowest BCUT2D eigenvalue weighted by atomic mass is 10.1. The molecule has 0 bridgehead atoms. The minimum absolute atomic E-state index is 0. The number of imidazole rings is 1. The highest BCUT2D eigenvalue weighted by molar-refractivity contribution is 6.08. The van der Waals surface area contributed by atoms with Crippen LogP contribution >= 0.6 is 12.4 Å². The summed E-state index contributed by atoms with van der Waals surface area (Å²) in [7, 11) is 1.86. The van der Waals surface area contributed by atoms with Crippen LogP contribution in [0.25, 0.3) is 10.9 Å². The van der Waals surface area contributed by atoms with Gasteiger partial charge in [0, 0.05) is 55.1 Å². The number of halogens is 2. The number of hydrogen-bond acceptors (Lipinski definition) is 2. The normalized spacial score (nSPS) is 10.7. The quantitative estimate of drug-likeness (QED) is 0.690. The van der Waals surface area contributed by atoms with Gasteiger partial charge in [-0.15, -0.1) is 12.4 Å². The van der Waals surface area contributed by atoms with E-state index in [1.54, 1.807) is 18.5 Å². The second-order valence-electron chi connectivity index (χ2n) is 5.16. The number of rotatable bonds is 4. The van der Waals surface area contributed by atoms with Crippen LogP contribution in [0.5, 0.6) is 0 Å². The standard InChI is InChI=1S/C16H16FN3O.ClH/c1-11-18-6-8-20(11)7-5-16(21)14-10-19(2)15-4-3-12(17)9-13(14)15;/h3-4,6,8-10H,5,7H2,1-2H3;1H. The third-order valence-electron chi connectivity index (χ3n) is 3.76. The summed E-state index contributed by atoms with van der Waals surface area (Å²) in [5.74, 6) is 0.569. The largest absolute Gasteiger partial charge is 0.350 e. The predicted molar refractivity (Wildman–Crippen MR) is 86.0 cm³/mol. The molecule has 2 aromatic heterocycles. The number of fused-ring (bicyclic) bond motifs is 1. The highest BCUT2D eigenvalue weighted by Crippen LogP contribution is 2.23. The number of hydrogen-bond donors (Lipinski definition) is 0. The number of benzene rings is 1. The fraction of sp³-hybridized carbons (Fsp3) is 0.250. The van der Waals surface area contributed by atoms with Crippen molar-refractivity contribution in [2.75, 3.05) is 0 Å². The Labute approximate surface area is 134 Å². The SMILES string of the molecule is Cc1nccn1CCC(=O)c1cn(C)c2ccc(F)cc12.Cl. The lowest BCUT2D eigenvalue weighted by Gasteiger charge is -2.04. The molecule has 0 N–H and O–H groups in total.